The lowest BCUT2D eigenvalue weighted by Gasteiger charge is -2.31. The number of benzene rings is 10. The third-order valence-electron chi connectivity index (χ3n) is 17.0. The SMILES string of the molecule is Cc1ccc(C)c(-c2cc3c(c4ccccc24)-c2ccc(N(c4ccc5c(c4)C(C)(C)c4ccccc4-5)c4ccc5c(c4)C(C)(C)c4cc(-c6cc(C)ccc6C)c6ccccc6c4-5)cc2C3(C)C)c1. The zero-order valence-corrected chi connectivity index (χ0v) is 42.2. The van der Waals surface area contributed by atoms with Gasteiger partial charge in [-0.05, 0) is 198 Å². The predicted octanol–water partition coefficient (Wildman–Crippen LogP) is 18.9. The average molecular weight is 902 g/mol. The minimum Gasteiger partial charge on any atom is -0.310 e. The molecule has 1 nitrogen and oxygen atoms in total. The molecule has 1 heteroatoms. The van der Waals surface area contributed by atoms with Crippen molar-refractivity contribution in [3.63, 3.8) is 0 Å². The van der Waals surface area contributed by atoms with Crippen molar-refractivity contribution in [1.82, 2.24) is 0 Å². The van der Waals surface area contributed by atoms with Gasteiger partial charge in [0.2, 0.25) is 0 Å². The summed E-state index contributed by atoms with van der Waals surface area (Å²) in [6, 6.07) is 67.8. The Kier molecular flexibility index (Phi) is 8.99. The van der Waals surface area contributed by atoms with Crippen LogP contribution in [0, 0.1) is 27.7 Å². The third-order valence-corrected chi connectivity index (χ3v) is 17.0. The van der Waals surface area contributed by atoms with E-state index in [1.54, 1.807) is 0 Å². The maximum atomic E-state index is 2.55. The Labute approximate surface area is 414 Å². The van der Waals surface area contributed by atoms with E-state index in [9.17, 15) is 0 Å². The Morgan fingerprint density at radius 1 is 0.271 bits per heavy atom. The summed E-state index contributed by atoms with van der Waals surface area (Å²) in [5.41, 5.74) is 29.6. The molecule has 70 heavy (non-hydrogen) atoms. The Bertz CT molecular complexity index is 3710. The standard InChI is InChI=1S/C69H59N/c1-40-23-25-42(3)55(33-40)57-38-63-65(51-20-13-11-17-47(51)57)53-31-28-45(36-61(53)68(63,7)8)70(44-27-30-50-49-19-15-16-22-59(49)67(5,6)60(50)35-44)46-29-32-54-62(37-46)69(9,10)64-39-58(56-34-41(2)24-26-43(56)4)48-18-12-14-21-52(48)66(54)64/h11-39H,1-10H3. The molecule has 0 spiro atoms. The number of rotatable bonds is 5. The van der Waals surface area contributed by atoms with Gasteiger partial charge in [-0.25, -0.2) is 0 Å². The normalized spacial score (nSPS) is 15.1. The number of anilines is 3. The summed E-state index contributed by atoms with van der Waals surface area (Å²) in [4.78, 5) is 2.55. The van der Waals surface area contributed by atoms with Crippen LogP contribution in [-0.2, 0) is 16.2 Å². The Hall–Kier alpha value is -7.48. The molecule has 0 unspecified atom stereocenters. The molecule has 0 radical (unpaired) electrons. The summed E-state index contributed by atoms with van der Waals surface area (Å²) in [6.45, 7) is 23.5. The van der Waals surface area contributed by atoms with Crippen molar-refractivity contribution in [2.24, 2.45) is 0 Å². The molecule has 13 rings (SSSR count). The molecule has 0 saturated carbocycles. The first-order valence-corrected chi connectivity index (χ1v) is 25.2. The fourth-order valence-electron chi connectivity index (χ4n) is 13.2. The minimum absolute atomic E-state index is 0.139. The predicted molar refractivity (Wildman–Crippen MR) is 299 cm³/mol. The van der Waals surface area contributed by atoms with Crippen molar-refractivity contribution in [2.45, 2.75) is 85.5 Å². The molecule has 3 aliphatic carbocycles. The van der Waals surface area contributed by atoms with Crippen molar-refractivity contribution in [3.05, 3.63) is 232 Å². The summed E-state index contributed by atoms with van der Waals surface area (Å²) in [7, 11) is 0. The number of hydrogen-bond donors (Lipinski definition) is 0. The van der Waals surface area contributed by atoms with Gasteiger partial charge in [0.05, 0.1) is 0 Å². The first-order chi connectivity index (χ1) is 33.6. The summed E-state index contributed by atoms with van der Waals surface area (Å²) >= 11 is 0. The zero-order chi connectivity index (χ0) is 48.2. The highest BCUT2D eigenvalue weighted by molar-refractivity contribution is 6.11. The molecule has 0 aliphatic heterocycles. The lowest BCUT2D eigenvalue weighted by Crippen LogP contribution is -2.19. The van der Waals surface area contributed by atoms with Crippen molar-refractivity contribution < 1.29 is 0 Å². The molecule has 10 aromatic rings. The molecule has 0 bridgehead atoms. The number of hydrogen-bond acceptors (Lipinski definition) is 1. The monoisotopic (exact) mass is 901 g/mol. The molecule has 0 heterocycles. The second-order valence-corrected chi connectivity index (χ2v) is 22.4. The van der Waals surface area contributed by atoms with E-state index in [2.05, 4.69) is 250 Å². The quantitative estimate of drug-likeness (QED) is 0.166. The lowest BCUT2D eigenvalue weighted by atomic mass is 9.79. The van der Waals surface area contributed by atoms with Crippen LogP contribution in [0.25, 0.3) is 77.2 Å². The smallest absolute Gasteiger partial charge is 0.0465 e. The largest absolute Gasteiger partial charge is 0.310 e. The molecule has 340 valence electrons. The van der Waals surface area contributed by atoms with Gasteiger partial charge in [-0.2, -0.15) is 0 Å². The molecule has 0 fully saturated rings. The summed E-state index contributed by atoms with van der Waals surface area (Å²) in [5, 5.41) is 5.26. The summed E-state index contributed by atoms with van der Waals surface area (Å²) in [6.07, 6.45) is 0. The van der Waals surface area contributed by atoms with E-state index < -0.39 is 0 Å². The van der Waals surface area contributed by atoms with Crippen molar-refractivity contribution in [2.75, 3.05) is 4.90 Å². The summed E-state index contributed by atoms with van der Waals surface area (Å²) < 4.78 is 0. The second kappa shape index (κ2) is 14.8. The molecule has 3 aliphatic rings. The van der Waals surface area contributed by atoms with Crippen LogP contribution in [0.1, 0.15) is 97.2 Å². The highest BCUT2D eigenvalue weighted by atomic mass is 15.1. The molecule has 10 aromatic carbocycles. The molecule has 0 atom stereocenters. The van der Waals surface area contributed by atoms with Gasteiger partial charge in [0.1, 0.15) is 0 Å². The van der Waals surface area contributed by atoms with Crippen LogP contribution >= 0.6 is 0 Å². The van der Waals surface area contributed by atoms with E-state index in [-0.39, 0.29) is 16.2 Å². The topological polar surface area (TPSA) is 3.24 Å². The number of aryl methyl sites for hydroxylation is 4. The van der Waals surface area contributed by atoms with Crippen LogP contribution in [0.5, 0.6) is 0 Å². The van der Waals surface area contributed by atoms with Crippen LogP contribution in [0.2, 0.25) is 0 Å². The fraction of sp³-hybridized carbons (Fsp3) is 0.188. The minimum atomic E-state index is -0.250. The Morgan fingerprint density at radius 2 is 0.643 bits per heavy atom. The van der Waals surface area contributed by atoms with E-state index in [0.29, 0.717) is 0 Å². The molecule has 0 aromatic heterocycles. The van der Waals surface area contributed by atoms with Crippen LogP contribution in [-0.4, -0.2) is 0 Å². The average Bonchev–Trinajstić information content (AvgIpc) is 3.84. The van der Waals surface area contributed by atoms with Crippen LogP contribution in [0.3, 0.4) is 0 Å². The molecular weight excluding hydrogens is 843 g/mol. The Balaban J connectivity index is 1.01. The fourth-order valence-corrected chi connectivity index (χ4v) is 13.2. The maximum absolute atomic E-state index is 2.55. The molecule has 0 N–H and O–H groups in total. The highest BCUT2D eigenvalue weighted by Crippen LogP contribution is 2.58. The third kappa shape index (κ3) is 5.91. The van der Waals surface area contributed by atoms with Crippen LogP contribution < -0.4 is 4.90 Å². The van der Waals surface area contributed by atoms with Gasteiger partial charge in [-0.3, -0.25) is 0 Å². The van der Waals surface area contributed by atoms with E-state index in [1.165, 1.54) is 150 Å². The van der Waals surface area contributed by atoms with Gasteiger partial charge in [0.25, 0.3) is 0 Å². The van der Waals surface area contributed by atoms with Gasteiger partial charge < -0.3 is 4.90 Å². The number of nitrogens with zero attached hydrogens (tertiary/aromatic N) is 1. The van der Waals surface area contributed by atoms with Gasteiger partial charge in [-0.15, -0.1) is 0 Å². The van der Waals surface area contributed by atoms with Gasteiger partial charge in [0.15, 0.2) is 0 Å². The van der Waals surface area contributed by atoms with Gasteiger partial charge >= 0.3 is 0 Å². The lowest BCUT2D eigenvalue weighted by molar-refractivity contribution is 0.660. The summed E-state index contributed by atoms with van der Waals surface area (Å²) in [5.74, 6) is 0. The maximum Gasteiger partial charge on any atom is 0.0465 e. The van der Waals surface area contributed by atoms with Crippen molar-refractivity contribution >= 4 is 38.6 Å². The Morgan fingerprint density at radius 3 is 1.11 bits per heavy atom. The van der Waals surface area contributed by atoms with Crippen LogP contribution in [0.4, 0.5) is 17.1 Å². The highest BCUT2D eigenvalue weighted by Gasteiger charge is 2.41. The van der Waals surface area contributed by atoms with E-state index in [0.717, 1.165) is 0 Å². The van der Waals surface area contributed by atoms with Crippen molar-refractivity contribution in [1.29, 1.82) is 0 Å². The molecule has 0 saturated heterocycles. The zero-order valence-electron chi connectivity index (χ0n) is 42.2. The molecular formula is C69H59N. The van der Waals surface area contributed by atoms with Gasteiger partial charge in [0, 0.05) is 33.3 Å². The van der Waals surface area contributed by atoms with E-state index in [1.807, 2.05) is 0 Å². The second-order valence-electron chi connectivity index (χ2n) is 22.4. The van der Waals surface area contributed by atoms with Gasteiger partial charge in [-0.1, -0.05) is 180 Å². The first-order valence-electron chi connectivity index (χ1n) is 25.2. The van der Waals surface area contributed by atoms with E-state index in [4.69, 9.17) is 0 Å². The first kappa shape index (κ1) is 42.6. The molecule has 0 amide bonds. The van der Waals surface area contributed by atoms with Crippen molar-refractivity contribution in [3.8, 4) is 55.6 Å². The number of fused-ring (bicyclic) bond motifs is 13. The van der Waals surface area contributed by atoms with Crippen LogP contribution in [0.15, 0.2) is 176 Å². The van der Waals surface area contributed by atoms with E-state index >= 15 is 0 Å².